The fourth-order valence-electron chi connectivity index (χ4n) is 3.73. The number of aromatic nitrogens is 3. The molecule has 1 aromatic heterocycles. The second-order valence-electron chi connectivity index (χ2n) is 8.10. The molecule has 5 rings (SSSR count). The summed E-state index contributed by atoms with van der Waals surface area (Å²) in [6.07, 6.45) is 0. The van der Waals surface area contributed by atoms with Crippen LogP contribution in [0.3, 0.4) is 0 Å². The first-order valence-corrected chi connectivity index (χ1v) is 11.7. The third-order valence-electron chi connectivity index (χ3n) is 5.59. The standard InChI is InChI=1S/C29H19ClFN3O3/c30-23-8-4-7-22(17-23)28-32-27(33-34(28)25-15-13-24(31)14-16-25)29(36)37-18-26(35)21-11-9-20(10-12-21)19-5-2-1-3-6-19/h1-17H,18H2. The number of esters is 1. The molecule has 37 heavy (non-hydrogen) atoms. The molecule has 0 bridgehead atoms. The molecule has 0 unspecified atom stereocenters. The van der Waals surface area contributed by atoms with Crippen LogP contribution in [-0.4, -0.2) is 33.1 Å². The van der Waals surface area contributed by atoms with Gasteiger partial charge in [-0.2, -0.15) is 0 Å². The summed E-state index contributed by atoms with van der Waals surface area (Å²) in [7, 11) is 0. The SMILES string of the molecule is O=C(COC(=O)c1nc(-c2cccc(Cl)c2)n(-c2ccc(F)cc2)n1)c1ccc(-c2ccccc2)cc1. The fourth-order valence-corrected chi connectivity index (χ4v) is 3.92. The molecule has 0 atom stereocenters. The zero-order valence-electron chi connectivity index (χ0n) is 19.3. The van der Waals surface area contributed by atoms with Crippen molar-refractivity contribution >= 4 is 23.4 Å². The maximum absolute atomic E-state index is 13.5. The second kappa shape index (κ2) is 10.6. The molecule has 0 saturated heterocycles. The van der Waals surface area contributed by atoms with Gasteiger partial charge in [-0.15, -0.1) is 5.10 Å². The molecule has 5 aromatic rings. The first-order valence-electron chi connectivity index (χ1n) is 11.3. The normalized spacial score (nSPS) is 10.8. The van der Waals surface area contributed by atoms with Gasteiger partial charge in [0.05, 0.1) is 5.69 Å². The predicted octanol–water partition coefficient (Wildman–Crippen LogP) is 6.43. The number of benzene rings is 4. The van der Waals surface area contributed by atoms with Crippen molar-refractivity contribution in [2.75, 3.05) is 6.61 Å². The summed E-state index contributed by atoms with van der Waals surface area (Å²) >= 11 is 6.13. The highest BCUT2D eigenvalue weighted by atomic mass is 35.5. The van der Waals surface area contributed by atoms with Crippen molar-refractivity contribution in [2.45, 2.75) is 0 Å². The number of hydrogen-bond donors (Lipinski definition) is 0. The Morgan fingerprint density at radius 3 is 2.19 bits per heavy atom. The highest BCUT2D eigenvalue weighted by Crippen LogP contribution is 2.25. The molecule has 0 N–H and O–H groups in total. The van der Waals surface area contributed by atoms with Gasteiger partial charge < -0.3 is 4.74 Å². The van der Waals surface area contributed by atoms with Gasteiger partial charge in [0.15, 0.2) is 18.2 Å². The van der Waals surface area contributed by atoms with E-state index in [4.69, 9.17) is 16.3 Å². The summed E-state index contributed by atoms with van der Waals surface area (Å²) in [5.41, 5.74) is 3.50. The van der Waals surface area contributed by atoms with E-state index in [-0.39, 0.29) is 11.6 Å². The highest BCUT2D eigenvalue weighted by Gasteiger charge is 2.21. The van der Waals surface area contributed by atoms with E-state index in [9.17, 15) is 14.0 Å². The number of halogens is 2. The summed E-state index contributed by atoms with van der Waals surface area (Å²) < 4.78 is 20.1. The van der Waals surface area contributed by atoms with E-state index in [2.05, 4.69) is 10.1 Å². The maximum atomic E-state index is 13.5. The second-order valence-corrected chi connectivity index (χ2v) is 8.54. The van der Waals surface area contributed by atoms with Crippen molar-refractivity contribution in [1.82, 2.24) is 14.8 Å². The van der Waals surface area contributed by atoms with Crippen molar-refractivity contribution < 1.29 is 18.7 Å². The van der Waals surface area contributed by atoms with Crippen LogP contribution < -0.4 is 0 Å². The molecular formula is C29H19ClFN3O3. The Morgan fingerprint density at radius 2 is 1.49 bits per heavy atom. The quantitative estimate of drug-likeness (QED) is 0.186. The molecule has 1 heterocycles. The number of ketones is 1. The Kier molecular flexibility index (Phi) is 6.87. The van der Waals surface area contributed by atoms with E-state index in [0.717, 1.165) is 11.1 Å². The van der Waals surface area contributed by atoms with Crippen LogP contribution in [0.15, 0.2) is 103 Å². The van der Waals surface area contributed by atoms with Gasteiger partial charge in [-0.3, -0.25) is 4.79 Å². The van der Waals surface area contributed by atoms with Crippen LogP contribution in [0.25, 0.3) is 28.2 Å². The zero-order valence-corrected chi connectivity index (χ0v) is 20.1. The smallest absolute Gasteiger partial charge is 0.378 e. The molecule has 0 aliphatic rings. The monoisotopic (exact) mass is 511 g/mol. The molecule has 0 spiro atoms. The van der Waals surface area contributed by atoms with Crippen LogP contribution >= 0.6 is 11.6 Å². The van der Waals surface area contributed by atoms with E-state index < -0.39 is 18.4 Å². The lowest BCUT2D eigenvalue weighted by molar-refractivity contribution is 0.0462. The fraction of sp³-hybridized carbons (Fsp3) is 0.0345. The van der Waals surface area contributed by atoms with E-state index in [1.807, 2.05) is 42.5 Å². The number of rotatable bonds is 7. The van der Waals surface area contributed by atoms with Crippen molar-refractivity contribution in [1.29, 1.82) is 0 Å². The summed E-state index contributed by atoms with van der Waals surface area (Å²) in [5, 5.41) is 4.74. The van der Waals surface area contributed by atoms with Gasteiger partial charge in [-0.25, -0.2) is 18.9 Å². The molecule has 0 saturated carbocycles. The Morgan fingerprint density at radius 1 is 0.811 bits per heavy atom. The minimum atomic E-state index is -0.863. The molecule has 182 valence electrons. The van der Waals surface area contributed by atoms with Crippen LogP contribution in [0.2, 0.25) is 5.02 Å². The summed E-state index contributed by atoms with van der Waals surface area (Å²) in [6, 6.07) is 29.3. The lowest BCUT2D eigenvalue weighted by atomic mass is 10.0. The lowest BCUT2D eigenvalue weighted by Crippen LogP contribution is -2.15. The number of carbonyl (C=O) groups excluding carboxylic acids is 2. The third-order valence-corrected chi connectivity index (χ3v) is 5.83. The maximum Gasteiger partial charge on any atom is 0.378 e. The number of ether oxygens (including phenoxy) is 1. The Balaban J connectivity index is 1.34. The molecule has 0 fully saturated rings. The Labute approximate surface area is 216 Å². The molecule has 4 aromatic carbocycles. The molecular weight excluding hydrogens is 493 g/mol. The van der Waals surface area contributed by atoms with E-state index >= 15 is 0 Å². The average molecular weight is 512 g/mol. The Hall–Kier alpha value is -4.62. The highest BCUT2D eigenvalue weighted by molar-refractivity contribution is 6.30. The van der Waals surface area contributed by atoms with Gasteiger partial charge in [-0.1, -0.05) is 78.3 Å². The number of hydrogen-bond acceptors (Lipinski definition) is 5. The van der Waals surface area contributed by atoms with Crippen molar-refractivity contribution in [2.24, 2.45) is 0 Å². The van der Waals surface area contributed by atoms with Gasteiger partial charge in [-0.05, 0) is 47.5 Å². The summed E-state index contributed by atoms with van der Waals surface area (Å²) in [6.45, 7) is -0.471. The van der Waals surface area contributed by atoms with Crippen LogP contribution in [0.4, 0.5) is 4.39 Å². The number of nitrogens with zero attached hydrogens (tertiary/aromatic N) is 3. The molecule has 0 aliphatic carbocycles. The van der Waals surface area contributed by atoms with Gasteiger partial charge in [0.2, 0.25) is 0 Å². The summed E-state index contributed by atoms with van der Waals surface area (Å²) in [5.74, 6) is -1.57. The molecule has 0 radical (unpaired) electrons. The van der Waals surface area contributed by atoms with Gasteiger partial charge in [0, 0.05) is 16.1 Å². The largest absolute Gasteiger partial charge is 0.451 e. The van der Waals surface area contributed by atoms with Crippen LogP contribution in [0, 0.1) is 5.82 Å². The third kappa shape index (κ3) is 5.47. The van der Waals surface area contributed by atoms with E-state index in [0.29, 0.717) is 27.7 Å². The van der Waals surface area contributed by atoms with Crippen molar-refractivity contribution in [3.05, 3.63) is 125 Å². The zero-order chi connectivity index (χ0) is 25.8. The number of Topliss-reactive ketones (excluding diaryl/α,β-unsaturated/α-hetero) is 1. The van der Waals surface area contributed by atoms with Crippen molar-refractivity contribution in [3.8, 4) is 28.2 Å². The first kappa shape index (κ1) is 24.1. The average Bonchev–Trinajstić information content (AvgIpc) is 3.38. The van der Waals surface area contributed by atoms with Crippen LogP contribution in [0.5, 0.6) is 0 Å². The minimum Gasteiger partial charge on any atom is -0.451 e. The van der Waals surface area contributed by atoms with Gasteiger partial charge in [0.25, 0.3) is 5.82 Å². The molecule has 8 heteroatoms. The topological polar surface area (TPSA) is 74.1 Å². The van der Waals surface area contributed by atoms with Gasteiger partial charge >= 0.3 is 5.97 Å². The Bertz CT molecular complexity index is 1570. The number of carbonyl (C=O) groups is 2. The van der Waals surface area contributed by atoms with E-state index in [1.165, 1.54) is 28.9 Å². The predicted molar refractivity (Wildman–Crippen MR) is 138 cm³/mol. The van der Waals surface area contributed by atoms with Crippen LogP contribution in [0.1, 0.15) is 21.0 Å². The molecule has 0 amide bonds. The molecule has 0 aliphatic heterocycles. The minimum absolute atomic E-state index is 0.244. The summed E-state index contributed by atoms with van der Waals surface area (Å²) in [4.78, 5) is 29.7. The van der Waals surface area contributed by atoms with Gasteiger partial charge in [0.1, 0.15) is 5.82 Å². The lowest BCUT2D eigenvalue weighted by Gasteiger charge is -2.06. The first-order chi connectivity index (χ1) is 18.0. The van der Waals surface area contributed by atoms with Crippen molar-refractivity contribution in [3.63, 3.8) is 0 Å². The van der Waals surface area contributed by atoms with E-state index in [1.54, 1.807) is 36.4 Å². The molecule has 6 nitrogen and oxygen atoms in total. The van der Waals surface area contributed by atoms with Crippen LogP contribution in [-0.2, 0) is 4.74 Å².